The first kappa shape index (κ1) is 24.2. The molecule has 2 heterocycles. The van der Waals surface area contributed by atoms with Gasteiger partial charge in [0.05, 0.1) is 6.42 Å². The van der Waals surface area contributed by atoms with Crippen LogP contribution in [-0.2, 0) is 17.8 Å². The molecule has 6 nitrogen and oxygen atoms in total. The first-order valence-electron chi connectivity index (χ1n) is 11.7. The van der Waals surface area contributed by atoms with E-state index in [9.17, 15) is 4.79 Å². The van der Waals surface area contributed by atoms with Gasteiger partial charge in [-0.2, -0.15) is 0 Å². The van der Waals surface area contributed by atoms with Gasteiger partial charge in [0, 0.05) is 67.1 Å². The summed E-state index contributed by atoms with van der Waals surface area (Å²) < 4.78 is 2.28. The van der Waals surface area contributed by atoms with Crippen LogP contribution in [0.3, 0.4) is 0 Å². The topological polar surface area (TPSA) is 88.0 Å². The van der Waals surface area contributed by atoms with E-state index in [1.54, 1.807) is 12.4 Å². The number of allylic oxidation sites excluding steroid dienone is 1. The molecule has 0 spiro atoms. The summed E-state index contributed by atoms with van der Waals surface area (Å²) in [4.78, 5) is 19.2. The van der Waals surface area contributed by atoms with Crippen molar-refractivity contribution in [1.29, 1.82) is 5.41 Å². The number of rotatable bonds is 11. The van der Waals surface area contributed by atoms with Crippen LogP contribution in [-0.4, -0.2) is 39.7 Å². The first-order chi connectivity index (χ1) is 16.0. The summed E-state index contributed by atoms with van der Waals surface area (Å²) in [6.45, 7) is 5.23. The molecule has 0 aliphatic rings. The summed E-state index contributed by atoms with van der Waals surface area (Å²) in [5.74, 6) is 0.471. The zero-order valence-corrected chi connectivity index (χ0v) is 19.9. The number of nitrogens with zero attached hydrogens (tertiary/aromatic N) is 3. The fraction of sp³-hybridized carbons (Fsp3) is 0.370. The average molecular weight is 446 g/mol. The second-order valence-corrected chi connectivity index (χ2v) is 8.58. The molecule has 0 fully saturated rings. The van der Waals surface area contributed by atoms with E-state index in [4.69, 9.17) is 11.1 Å². The molecule has 0 saturated heterocycles. The van der Waals surface area contributed by atoms with Crippen LogP contribution in [0.25, 0.3) is 16.5 Å². The molecule has 3 N–H and O–H groups in total. The van der Waals surface area contributed by atoms with Gasteiger partial charge in [-0.25, -0.2) is 0 Å². The lowest BCUT2D eigenvalue weighted by atomic mass is 9.91. The molecule has 2 aromatic heterocycles. The molecule has 0 bridgehead atoms. The van der Waals surface area contributed by atoms with Crippen molar-refractivity contribution in [3.05, 3.63) is 72.3 Å². The quantitative estimate of drug-likeness (QED) is 0.412. The van der Waals surface area contributed by atoms with Crippen molar-refractivity contribution in [1.82, 2.24) is 14.5 Å². The highest BCUT2D eigenvalue weighted by Crippen LogP contribution is 2.26. The standard InChI is InChI=1S/C27H35N5O/c1-4-7-25(31(3)27(33)14-20-8-6-12-30-18-20)21(5-2)19-32-13-11-23-15-22(9-10-26(23)32)24(16-28)17-29/h6,8-13,15-18,21,25,28H,4-5,7,14,19,29H2,1-3H3/b24-17+,28-16?. The van der Waals surface area contributed by atoms with E-state index in [1.165, 1.54) is 12.4 Å². The Balaban J connectivity index is 1.81. The minimum absolute atomic E-state index is 0.134. The van der Waals surface area contributed by atoms with Crippen LogP contribution in [0.4, 0.5) is 0 Å². The molecule has 2 unspecified atom stereocenters. The highest BCUT2D eigenvalue weighted by Gasteiger charge is 2.27. The van der Waals surface area contributed by atoms with Gasteiger partial charge in [0.15, 0.2) is 0 Å². The van der Waals surface area contributed by atoms with Gasteiger partial charge in [-0.05, 0) is 54.2 Å². The number of aromatic nitrogens is 2. The van der Waals surface area contributed by atoms with Gasteiger partial charge in [-0.1, -0.05) is 32.4 Å². The minimum atomic E-state index is 0.134. The Morgan fingerprint density at radius 3 is 2.73 bits per heavy atom. The predicted octanol–water partition coefficient (Wildman–Crippen LogP) is 4.88. The van der Waals surface area contributed by atoms with Crippen molar-refractivity contribution in [3.63, 3.8) is 0 Å². The van der Waals surface area contributed by atoms with Gasteiger partial charge < -0.3 is 20.6 Å². The Morgan fingerprint density at radius 1 is 1.27 bits per heavy atom. The number of hydrogen-bond acceptors (Lipinski definition) is 4. The van der Waals surface area contributed by atoms with Crippen molar-refractivity contribution in [2.75, 3.05) is 7.05 Å². The van der Waals surface area contributed by atoms with Crippen molar-refractivity contribution in [3.8, 4) is 0 Å². The Labute approximate surface area is 196 Å². The van der Waals surface area contributed by atoms with E-state index >= 15 is 0 Å². The fourth-order valence-corrected chi connectivity index (χ4v) is 4.57. The molecule has 174 valence electrons. The minimum Gasteiger partial charge on any atom is -0.404 e. The van der Waals surface area contributed by atoms with E-state index in [1.807, 2.05) is 30.1 Å². The third-order valence-electron chi connectivity index (χ3n) is 6.49. The lowest BCUT2D eigenvalue weighted by Gasteiger charge is -2.35. The van der Waals surface area contributed by atoms with Crippen LogP contribution in [0.1, 0.15) is 44.2 Å². The first-order valence-corrected chi connectivity index (χ1v) is 11.7. The Hall–Kier alpha value is -3.41. The maximum atomic E-state index is 13.1. The number of likely N-dealkylation sites (N-methyl/N-ethyl adjacent to an activating group) is 1. The van der Waals surface area contributed by atoms with Gasteiger partial charge in [-0.15, -0.1) is 0 Å². The van der Waals surface area contributed by atoms with Crippen LogP contribution in [0.2, 0.25) is 0 Å². The zero-order valence-electron chi connectivity index (χ0n) is 19.9. The average Bonchev–Trinajstić information content (AvgIpc) is 3.24. The Bertz CT molecular complexity index is 1100. The fourth-order valence-electron chi connectivity index (χ4n) is 4.57. The van der Waals surface area contributed by atoms with Crippen LogP contribution >= 0.6 is 0 Å². The third kappa shape index (κ3) is 5.69. The predicted molar refractivity (Wildman–Crippen MR) is 136 cm³/mol. The molecule has 0 radical (unpaired) electrons. The summed E-state index contributed by atoms with van der Waals surface area (Å²) in [5.41, 5.74) is 9.39. The molecule has 3 rings (SSSR count). The van der Waals surface area contributed by atoms with Gasteiger partial charge in [0.1, 0.15) is 0 Å². The van der Waals surface area contributed by atoms with E-state index in [-0.39, 0.29) is 11.9 Å². The van der Waals surface area contributed by atoms with Crippen molar-refractivity contribution >= 4 is 28.6 Å². The molecule has 1 amide bonds. The molecule has 0 saturated carbocycles. The van der Waals surface area contributed by atoms with E-state index in [0.717, 1.165) is 47.8 Å². The largest absolute Gasteiger partial charge is 0.404 e. The molecular formula is C27H35N5O. The Kier molecular flexibility index (Phi) is 8.41. The van der Waals surface area contributed by atoms with E-state index < -0.39 is 0 Å². The zero-order chi connectivity index (χ0) is 23.8. The number of carbonyl (C=O) groups is 1. The number of nitrogens with two attached hydrogens (primary N) is 1. The molecule has 6 heteroatoms. The van der Waals surface area contributed by atoms with Gasteiger partial charge >= 0.3 is 0 Å². The third-order valence-corrected chi connectivity index (χ3v) is 6.49. The number of carbonyl (C=O) groups excluding carboxylic acids is 1. The lowest BCUT2D eigenvalue weighted by molar-refractivity contribution is -0.132. The number of hydrogen-bond donors (Lipinski definition) is 2. The van der Waals surface area contributed by atoms with Crippen LogP contribution in [0.5, 0.6) is 0 Å². The lowest BCUT2D eigenvalue weighted by Crippen LogP contribution is -2.43. The number of pyridine rings is 1. The molecule has 3 aromatic rings. The van der Waals surface area contributed by atoms with Crippen LogP contribution < -0.4 is 5.73 Å². The molecule has 0 aliphatic heterocycles. The summed E-state index contributed by atoms with van der Waals surface area (Å²) in [6.07, 6.45) is 11.7. The summed E-state index contributed by atoms with van der Waals surface area (Å²) in [6, 6.07) is 12.3. The van der Waals surface area contributed by atoms with Crippen molar-refractivity contribution in [2.24, 2.45) is 11.7 Å². The highest BCUT2D eigenvalue weighted by molar-refractivity contribution is 6.09. The van der Waals surface area contributed by atoms with Gasteiger partial charge in [-0.3, -0.25) is 9.78 Å². The van der Waals surface area contributed by atoms with Crippen LogP contribution in [0.15, 0.2) is 61.2 Å². The summed E-state index contributed by atoms with van der Waals surface area (Å²) >= 11 is 0. The maximum absolute atomic E-state index is 13.1. The number of benzene rings is 1. The maximum Gasteiger partial charge on any atom is 0.227 e. The number of nitrogens with one attached hydrogen (secondary N) is 1. The smallest absolute Gasteiger partial charge is 0.227 e. The highest BCUT2D eigenvalue weighted by atomic mass is 16.2. The number of fused-ring (bicyclic) bond motifs is 1. The van der Waals surface area contributed by atoms with Crippen LogP contribution in [0, 0.1) is 11.3 Å². The van der Waals surface area contributed by atoms with Gasteiger partial charge in [0.25, 0.3) is 0 Å². The van der Waals surface area contributed by atoms with Crippen molar-refractivity contribution < 1.29 is 4.79 Å². The van der Waals surface area contributed by atoms with E-state index in [0.29, 0.717) is 17.9 Å². The van der Waals surface area contributed by atoms with Gasteiger partial charge in [0.2, 0.25) is 5.91 Å². The molecule has 0 aliphatic carbocycles. The SMILES string of the molecule is CCCC(C(CC)Cn1ccc2cc(/C(C=N)=C/N)ccc21)N(C)C(=O)Cc1cccnc1. The second-order valence-electron chi connectivity index (χ2n) is 8.58. The second kappa shape index (κ2) is 11.5. The monoisotopic (exact) mass is 445 g/mol. The molecule has 1 aromatic carbocycles. The van der Waals surface area contributed by atoms with Crippen molar-refractivity contribution in [2.45, 2.75) is 52.1 Å². The van der Waals surface area contributed by atoms with E-state index in [2.05, 4.69) is 47.8 Å². The molecule has 33 heavy (non-hydrogen) atoms. The summed E-state index contributed by atoms with van der Waals surface area (Å²) in [5, 5.41) is 8.67. The molecule has 2 atom stereocenters. The summed E-state index contributed by atoms with van der Waals surface area (Å²) in [7, 11) is 1.94. The molecular weight excluding hydrogens is 410 g/mol. The number of amides is 1. The Morgan fingerprint density at radius 2 is 2.09 bits per heavy atom. The normalized spacial score (nSPS) is 13.6.